The minimum absolute atomic E-state index is 0. The number of halogens is 2. The first kappa shape index (κ1) is 24.6. The maximum absolute atomic E-state index is 13.6. The van der Waals surface area contributed by atoms with E-state index in [1.165, 1.54) is 6.07 Å². The summed E-state index contributed by atoms with van der Waals surface area (Å²) in [5.41, 5.74) is 0.914. The number of carbonyl (C=O) groups excluding carboxylic acids is 1. The average molecular weight is 505 g/mol. The molecule has 0 aromatic heterocycles. The molecule has 1 saturated heterocycles. The number of carbonyl (C=O) groups is 1. The Bertz CT molecular complexity index is 668. The molecule has 1 aromatic rings. The Morgan fingerprint density at radius 3 is 2.68 bits per heavy atom. The summed E-state index contributed by atoms with van der Waals surface area (Å²) in [5.74, 6) is 0.680. The summed E-state index contributed by atoms with van der Waals surface area (Å²) in [6, 6.07) is 6.88. The third-order valence-corrected chi connectivity index (χ3v) is 4.88. The normalized spacial score (nSPS) is 18.2. The lowest BCUT2D eigenvalue weighted by molar-refractivity contribution is -0.133. The summed E-state index contributed by atoms with van der Waals surface area (Å²) in [4.78, 5) is 20.4. The molecule has 2 rings (SSSR count). The molecular formula is C20H33FIN5O. The molecule has 28 heavy (non-hydrogen) atoms. The van der Waals surface area contributed by atoms with Crippen LogP contribution in [0, 0.1) is 11.7 Å². The lowest BCUT2D eigenvalue weighted by Gasteiger charge is -2.27. The molecule has 6 nitrogen and oxygen atoms in total. The molecule has 1 fully saturated rings. The van der Waals surface area contributed by atoms with Crippen LogP contribution in [0.15, 0.2) is 29.3 Å². The third-order valence-electron chi connectivity index (χ3n) is 4.88. The number of likely N-dealkylation sites (N-methyl/N-ethyl adjacent to an activating group) is 1. The second kappa shape index (κ2) is 11.5. The molecule has 158 valence electrons. The summed E-state index contributed by atoms with van der Waals surface area (Å²) >= 11 is 0. The quantitative estimate of drug-likeness (QED) is 0.355. The number of hydrogen-bond acceptors (Lipinski definition) is 3. The number of amides is 1. The van der Waals surface area contributed by atoms with Crippen LogP contribution in [0.5, 0.6) is 0 Å². The monoisotopic (exact) mass is 505 g/mol. The fourth-order valence-electron chi connectivity index (χ4n) is 3.34. The number of hydrogen-bond donors (Lipinski definition) is 2. The van der Waals surface area contributed by atoms with Crippen molar-refractivity contribution in [1.29, 1.82) is 0 Å². The minimum Gasteiger partial charge on any atom is -0.354 e. The summed E-state index contributed by atoms with van der Waals surface area (Å²) < 4.78 is 13.6. The fraction of sp³-hybridized carbons (Fsp3) is 0.600. The molecule has 1 aromatic carbocycles. The Balaban J connectivity index is 0.00000392. The van der Waals surface area contributed by atoms with Crippen molar-refractivity contribution >= 4 is 35.8 Å². The molecule has 0 spiro atoms. The molecule has 2 atom stereocenters. The van der Waals surface area contributed by atoms with Crippen molar-refractivity contribution in [3.63, 3.8) is 0 Å². The zero-order valence-electron chi connectivity index (χ0n) is 17.4. The molecule has 1 amide bonds. The third kappa shape index (κ3) is 6.88. The topological polar surface area (TPSA) is 60.0 Å². The molecule has 2 N–H and O–H groups in total. The smallest absolute Gasteiger partial charge is 0.225 e. The van der Waals surface area contributed by atoms with E-state index in [2.05, 4.69) is 15.6 Å². The van der Waals surface area contributed by atoms with Crippen LogP contribution in [-0.4, -0.2) is 68.5 Å². The second-order valence-electron chi connectivity index (χ2n) is 7.56. The van der Waals surface area contributed by atoms with Crippen molar-refractivity contribution in [2.75, 3.05) is 40.8 Å². The van der Waals surface area contributed by atoms with E-state index < -0.39 is 0 Å². The van der Waals surface area contributed by atoms with E-state index in [9.17, 15) is 9.18 Å². The van der Waals surface area contributed by atoms with Gasteiger partial charge in [0.05, 0.1) is 6.04 Å². The highest BCUT2D eigenvalue weighted by Gasteiger charge is 2.28. The molecule has 1 aliphatic heterocycles. The van der Waals surface area contributed by atoms with E-state index in [1.54, 1.807) is 19.2 Å². The van der Waals surface area contributed by atoms with Crippen LogP contribution in [0.2, 0.25) is 0 Å². The molecule has 0 bridgehead atoms. The minimum atomic E-state index is -0.234. The van der Waals surface area contributed by atoms with Gasteiger partial charge in [-0.15, -0.1) is 24.0 Å². The number of rotatable bonds is 6. The summed E-state index contributed by atoms with van der Waals surface area (Å²) in [6.45, 7) is 5.92. The molecular weight excluding hydrogens is 472 g/mol. The van der Waals surface area contributed by atoms with Gasteiger partial charge in [-0.25, -0.2) is 4.39 Å². The maximum atomic E-state index is 13.6. The Kier molecular flexibility index (Phi) is 10.2. The van der Waals surface area contributed by atoms with Gasteiger partial charge in [-0.05, 0) is 38.2 Å². The van der Waals surface area contributed by atoms with Gasteiger partial charge >= 0.3 is 0 Å². The maximum Gasteiger partial charge on any atom is 0.225 e. The van der Waals surface area contributed by atoms with Gasteiger partial charge in [-0.1, -0.05) is 26.0 Å². The largest absolute Gasteiger partial charge is 0.354 e. The SMILES string of the molecule is CN=C(NCC(c1cccc(F)c1)N(C)C)NC1CCN(C(=O)C(C)C)C1.I. The summed E-state index contributed by atoms with van der Waals surface area (Å²) in [7, 11) is 5.67. The Morgan fingerprint density at radius 2 is 2.11 bits per heavy atom. The van der Waals surface area contributed by atoms with E-state index in [1.807, 2.05) is 43.8 Å². The standard InChI is InChI=1S/C20H32FN5O.HI/c1-14(2)19(27)26-10-9-17(13-26)24-20(22-3)23-12-18(25(4)5)15-7-6-8-16(21)11-15;/h6-8,11,14,17-18H,9-10,12-13H2,1-5H3,(H2,22,23,24);1H. The van der Waals surface area contributed by atoms with Gasteiger partial charge in [-0.2, -0.15) is 0 Å². The highest BCUT2D eigenvalue weighted by atomic mass is 127. The highest BCUT2D eigenvalue weighted by molar-refractivity contribution is 14.0. The Labute approximate surface area is 185 Å². The molecule has 0 aliphatic carbocycles. The molecule has 0 saturated carbocycles. The molecule has 1 aliphatic rings. The lowest BCUT2D eigenvalue weighted by Crippen LogP contribution is -2.47. The van der Waals surface area contributed by atoms with Crippen molar-refractivity contribution in [3.8, 4) is 0 Å². The van der Waals surface area contributed by atoms with Crippen LogP contribution in [0.4, 0.5) is 4.39 Å². The predicted molar refractivity (Wildman–Crippen MR) is 123 cm³/mol. The van der Waals surface area contributed by atoms with Crippen molar-refractivity contribution in [3.05, 3.63) is 35.6 Å². The van der Waals surface area contributed by atoms with Crippen molar-refractivity contribution in [2.24, 2.45) is 10.9 Å². The van der Waals surface area contributed by atoms with E-state index in [0.29, 0.717) is 19.0 Å². The number of guanidine groups is 1. The van der Waals surface area contributed by atoms with Crippen molar-refractivity contribution in [1.82, 2.24) is 20.4 Å². The van der Waals surface area contributed by atoms with Crippen LogP contribution in [0.3, 0.4) is 0 Å². The zero-order valence-corrected chi connectivity index (χ0v) is 19.7. The van der Waals surface area contributed by atoms with Crippen LogP contribution in [0.25, 0.3) is 0 Å². The summed E-state index contributed by atoms with van der Waals surface area (Å²) in [5, 5.41) is 6.73. The van der Waals surface area contributed by atoms with E-state index in [0.717, 1.165) is 18.5 Å². The van der Waals surface area contributed by atoms with Gasteiger partial charge in [0, 0.05) is 38.6 Å². The van der Waals surface area contributed by atoms with Gasteiger partial charge in [0.1, 0.15) is 5.82 Å². The summed E-state index contributed by atoms with van der Waals surface area (Å²) in [6.07, 6.45) is 0.903. The Hall–Kier alpha value is -1.42. The van der Waals surface area contributed by atoms with Crippen LogP contribution < -0.4 is 10.6 Å². The number of nitrogens with zero attached hydrogens (tertiary/aromatic N) is 3. The van der Waals surface area contributed by atoms with Gasteiger partial charge in [-0.3, -0.25) is 9.79 Å². The van der Waals surface area contributed by atoms with Crippen LogP contribution in [0.1, 0.15) is 31.9 Å². The van der Waals surface area contributed by atoms with Gasteiger partial charge in [0.15, 0.2) is 5.96 Å². The van der Waals surface area contributed by atoms with Crippen molar-refractivity contribution in [2.45, 2.75) is 32.4 Å². The first-order valence-electron chi connectivity index (χ1n) is 9.49. The predicted octanol–water partition coefficient (Wildman–Crippen LogP) is 2.47. The molecule has 8 heteroatoms. The first-order valence-corrected chi connectivity index (χ1v) is 9.49. The van der Waals surface area contributed by atoms with Crippen molar-refractivity contribution < 1.29 is 9.18 Å². The number of benzene rings is 1. The number of likely N-dealkylation sites (tertiary alicyclic amines) is 1. The van der Waals surface area contributed by atoms with Gasteiger partial charge in [0.2, 0.25) is 5.91 Å². The number of nitrogens with one attached hydrogen (secondary N) is 2. The van der Waals surface area contributed by atoms with Gasteiger partial charge < -0.3 is 20.4 Å². The van der Waals surface area contributed by atoms with E-state index in [-0.39, 0.29) is 53.7 Å². The van der Waals surface area contributed by atoms with Crippen LogP contribution in [-0.2, 0) is 4.79 Å². The molecule has 1 heterocycles. The Morgan fingerprint density at radius 1 is 1.39 bits per heavy atom. The molecule has 2 unspecified atom stereocenters. The van der Waals surface area contributed by atoms with E-state index >= 15 is 0 Å². The van der Waals surface area contributed by atoms with Crippen LogP contribution >= 0.6 is 24.0 Å². The highest BCUT2D eigenvalue weighted by Crippen LogP contribution is 2.18. The number of aliphatic imine (C=N–C) groups is 1. The first-order chi connectivity index (χ1) is 12.8. The van der Waals surface area contributed by atoms with Gasteiger partial charge in [0.25, 0.3) is 0 Å². The molecule has 0 radical (unpaired) electrons. The second-order valence-corrected chi connectivity index (χ2v) is 7.56. The lowest BCUT2D eigenvalue weighted by atomic mass is 10.1. The van der Waals surface area contributed by atoms with E-state index in [4.69, 9.17) is 0 Å². The average Bonchev–Trinajstić information content (AvgIpc) is 3.08. The zero-order chi connectivity index (χ0) is 20.0. The fourth-order valence-corrected chi connectivity index (χ4v) is 3.34.